The van der Waals surface area contributed by atoms with Crippen molar-refractivity contribution in [2.75, 3.05) is 0 Å². The second-order valence-corrected chi connectivity index (χ2v) is 3.23. The number of hydrogen-bond acceptors (Lipinski definition) is 2. The number of carbonyl (C=O) groups excluding carboxylic acids is 1. The Morgan fingerprint density at radius 2 is 1.33 bits per heavy atom. The van der Waals surface area contributed by atoms with Gasteiger partial charge in [0.15, 0.2) is 0 Å². The van der Waals surface area contributed by atoms with Crippen molar-refractivity contribution in [2.45, 2.75) is 54.1 Å². The van der Waals surface area contributed by atoms with Crippen molar-refractivity contribution in [3.63, 3.8) is 0 Å². The maximum Gasteiger partial charge on any atom is 0.116 e. The van der Waals surface area contributed by atoms with Gasteiger partial charge in [0.2, 0.25) is 0 Å². The molecule has 0 saturated heterocycles. The van der Waals surface area contributed by atoms with E-state index < -0.39 is 0 Å². The lowest BCUT2D eigenvalue weighted by molar-refractivity contribution is -0.106. The number of rotatable bonds is 1. The lowest BCUT2D eigenvalue weighted by Crippen LogP contribution is -1.93. The zero-order valence-electron chi connectivity index (χ0n) is 9.29. The Morgan fingerprint density at radius 3 is 1.33 bits per heavy atom. The Bertz CT molecular complexity index is 65.5. The number of aldehydes is 1. The van der Waals surface area contributed by atoms with Crippen molar-refractivity contribution < 1.29 is 9.90 Å². The quantitative estimate of drug-likeness (QED) is 0.624. The molecule has 76 valence electrons. The Labute approximate surface area is 77.0 Å². The lowest BCUT2D eigenvalue weighted by Gasteiger charge is -1.90. The highest BCUT2D eigenvalue weighted by Gasteiger charge is 1.81. The van der Waals surface area contributed by atoms with Gasteiger partial charge in [0.25, 0.3) is 0 Å². The summed E-state index contributed by atoms with van der Waals surface area (Å²) in [4.78, 5) is 8.81. The minimum absolute atomic E-state index is 0.116. The molecule has 0 fully saturated rings. The van der Waals surface area contributed by atoms with Crippen LogP contribution in [0.3, 0.4) is 0 Å². The van der Waals surface area contributed by atoms with Crippen LogP contribution in [0.15, 0.2) is 0 Å². The van der Waals surface area contributed by atoms with Crippen molar-refractivity contribution in [3.8, 4) is 0 Å². The summed E-state index contributed by atoms with van der Waals surface area (Å²) in [5, 5.41) is 8.36. The molecule has 1 unspecified atom stereocenters. The fourth-order valence-corrected chi connectivity index (χ4v) is 0. The summed E-state index contributed by atoms with van der Waals surface area (Å²) in [5.41, 5.74) is 0. The standard InChI is InChI=1S/C4H10O.C4H10.C2H4O/c1-3-4(2)5;1-4(2)3;1-2-3/h4-5H,3H2,1-2H3;4H,1-3H3;2H,1H3. The zero-order chi connectivity index (χ0) is 10.6. The first-order chi connectivity index (χ1) is 5.42. The topological polar surface area (TPSA) is 37.3 Å². The molecule has 1 N–H and O–H groups in total. The first-order valence-electron chi connectivity index (χ1n) is 4.50. The van der Waals surface area contributed by atoms with Gasteiger partial charge in [-0.1, -0.05) is 27.7 Å². The van der Waals surface area contributed by atoms with E-state index in [1.807, 2.05) is 6.92 Å². The summed E-state index contributed by atoms with van der Waals surface area (Å²) in [7, 11) is 0. The van der Waals surface area contributed by atoms with Crippen molar-refractivity contribution in [1.29, 1.82) is 0 Å². The third-order valence-corrected chi connectivity index (χ3v) is 0.591. The Morgan fingerprint density at radius 1 is 1.25 bits per heavy atom. The molecule has 0 radical (unpaired) electrons. The molecule has 0 saturated carbocycles. The van der Waals surface area contributed by atoms with Gasteiger partial charge < -0.3 is 9.90 Å². The molecule has 0 aliphatic rings. The Kier molecular flexibility index (Phi) is 24.9. The molecule has 0 bridgehead atoms. The van der Waals surface area contributed by atoms with E-state index in [-0.39, 0.29) is 6.10 Å². The van der Waals surface area contributed by atoms with E-state index in [0.717, 1.165) is 18.6 Å². The summed E-state index contributed by atoms with van der Waals surface area (Å²) in [6, 6.07) is 0. The Balaban J connectivity index is -0.000000105. The average Bonchev–Trinajstić information content (AvgIpc) is 1.88. The molecule has 2 heteroatoms. The van der Waals surface area contributed by atoms with Crippen LogP contribution < -0.4 is 0 Å². The van der Waals surface area contributed by atoms with E-state index in [9.17, 15) is 0 Å². The van der Waals surface area contributed by atoms with E-state index in [2.05, 4.69) is 20.8 Å². The van der Waals surface area contributed by atoms with Crippen molar-refractivity contribution in [2.24, 2.45) is 5.92 Å². The molecule has 0 amide bonds. The number of aliphatic hydroxyl groups excluding tert-OH is 1. The van der Waals surface area contributed by atoms with Gasteiger partial charge in [0.1, 0.15) is 6.29 Å². The highest BCUT2D eigenvalue weighted by Crippen LogP contribution is 1.81. The fraction of sp³-hybridized carbons (Fsp3) is 0.900. The SMILES string of the molecule is CC(C)C.CC=O.CCC(C)O. The highest BCUT2D eigenvalue weighted by molar-refractivity contribution is 5.44. The van der Waals surface area contributed by atoms with Crippen LogP contribution in [-0.2, 0) is 4.79 Å². The molecule has 0 rings (SSSR count). The van der Waals surface area contributed by atoms with Crippen LogP contribution in [0.25, 0.3) is 0 Å². The maximum atomic E-state index is 8.81. The molecule has 12 heavy (non-hydrogen) atoms. The third kappa shape index (κ3) is 270. The van der Waals surface area contributed by atoms with Crippen LogP contribution in [-0.4, -0.2) is 17.5 Å². The molecular formula is C10H24O2. The first-order valence-corrected chi connectivity index (χ1v) is 4.50. The maximum absolute atomic E-state index is 8.81. The molecule has 0 aliphatic heterocycles. The molecular weight excluding hydrogens is 152 g/mol. The molecule has 0 aromatic rings. The molecule has 0 spiro atoms. The smallest absolute Gasteiger partial charge is 0.116 e. The summed E-state index contributed by atoms with van der Waals surface area (Å²) in [5.74, 6) is 0.833. The van der Waals surface area contributed by atoms with E-state index in [4.69, 9.17) is 9.90 Å². The van der Waals surface area contributed by atoms with Crippen LogP contribution in [0.1, 0.15) is 48.0 Å². The normalized spacial score (nSPS) is 10.3. The molecule has 0 aromatic heterocycles. The summed E-state index contributed by atoms with van der Waals surface area (Å²) >= 11 is 0. The van der Waals surface area contributed by atoms with E-state index in [1.165, 1.54) is 6.92 Å². The van der Waals surface area contributed by atoms with Gasteiger partial charge in [-0.15, -0.1) is 0 Å². The fourth-order valence-electron chi connectivity index (χ4n) is 0. The van der Waals surface area contributed by atoms with Gasteiger partial charge in [-0.3, -0.25) is 0 Å². The third-order valence-electron chi connectivity index (χ3n) is 0.591. The van der Waals surface area contributed by atoms with Crippen molar-refractivity contribution in [1.82, 2.24) is 0 Å². The zero-order valence-corrected chi connectivity index (χ0v) is 9.29. The van der Waals surface area contributed by atoms with Gasteiger partial charge in [-0.2, -0.15) is 0 Å². The van der Waals surface area contributed by atoms with E-state index >= 15 is 0 Å². The van der Waals surface area contributed by atoms with Crippen LogP contribution in [0.4, 0.5) is 0 Å². The minimum Gasteiger partial charge on any atom is -0.393 e. The highest BCUT2D eigenvalue weighted by atomic mass is 16.3. The second-order valence-electron chi connectivity index (χ2n) is 3.23. The van der Waals surface area contributed by atoms with Gasteiger partial charge in [0, 0.05) is 0 Å². The largest absolute Gasteiger partial charge is 0.393 e. The van der Waals surface area contributed by atoms with Crippen LogP contribution in [0, 0.1) is 5.92 Å². The predicted octanol–water partition coefficient (Wildman–Crippen LogP) is 2.64. The summed E-state index contributed by atoms with van der Waals surface area (Å²) < 4.78 is 0. The predicted molar refractivity (Wildman–Crippen MR) is 54.2 cm³/mol. The number of hydrogen-bond donors (Lipinski definition) is 1. The molecule has 1 atom stereocenters. The van der Waals surface area contributed by atoms with Gasteiger partial charge in [-0.05, 0) is 26.2 Å². The monoisotopic (exact) mass is 176 g/mol. The van der Waals surface area contributed by atoms with E-state index in [1.54, 1.807) is 6.92 Å². The number of aliphatic hydroxyl groups is 1. The minimum atomic E-state index is -0.116. The van der Waals surface area contributed by atoms with Gasteiger partial charge in [0.05, 0.1) is 6.10 Å². The van der Waals surface area contributed by atoms with Crippen LogP contribution in [0.5, 0.6) is 0 Å². The van der Waals surface area contributed by atoms with Gasteiger partial charge >= 0.3 is 0 Å². The molecule has 0 aliphatic carbocycles. The lowest BCUT2D eigenvalue weighted by atomic mass is 10.3. The summed E-state index contributed by atoms with van der Waals surface area (Å²) in [6.45, 7) is 11.7. The molecule has 0 heterocycles. The number of carbonyl (C=O) groups is 1. The second kappa shape index (κ2) is 16.9. The Hall–Kier alpha value is -0.370. The molecule has 2 nitrogen and oxygen atoms in total. The van der Waals surface area contributed by atoms with Crippen LogP contribution in [0.2, 0.25) is 0 Å². The van der Waals surface area contributed by atoms with Gasteiger partial charge in [-0.25, -0.2) is 0 Å². The molecule has 0 aromatic carbocycles. The first kappa shape index (κ1) is 17.6. The van der Waals surface area contributed by atoms with Crippen molar-refractivity contribution >= 4 is 6.29 Å². The van der Waals surface area contributed by atoms with Crippen LogP contribution >= 0.6 is 0 Å². The summed E-state index contributed by atoms with van der Waals surface area (Å²) in [6.07, 6.45) is 1.50. The van der Waals surface area contributed by atoms with E-state index in [0.29, 0.717) is 0 Å². The van der Waals surface area contributed by atoms with Crippen molar-refractivity contribution in [3.05, 3.63) is 0 Å². The average molecular weight is 176 g/mol.